The average molecular weight is 306 g/mol. The van der Waals surface area contributed by atoms with Crippen LogP contribution in [-0.2, 0) is 11.2 Å². The lowest BCUT2D eigenvalue weighted by Crippen LogP contribution is -2.44. The Morgan fingerprint density at radius 3 is 2.82 bits per heavy atom. The zero-order valence-corrected chi connectivity index (χ0v) is 12.9. The first-order valence-electron chi connectivity index (χ1n) is 7.81. The summed E-state index contributed by atoms with van der Waals surface area (Å²) in [5.74, 6) is 0.690. The summed E-state index contributed by atoms with van der Waals surface area (Å²) < 4.78 is 10.6. The van der Waals surface area contributed by atoms with Crippen LogP contribution in [0.25, 0.3) is 0 Å². The molecule has 0 radical (unpaired) electrons. The van der Waals surface area contributed by atoms with E-state index in [1.54, 1.807) is 7.11 Å². The van der Waals surface area contributed by atoms with Crippen molar-refractivity contribution in [1.82, 2.24) is 4.90 Å². The summed E-state index contributed by atoms with van der Waals surface area (Å²) in [6.07, 6.45) is 2.41. The molecule has 6 heteroatoms. The molecular formula is C16H22N2O4. The van der Waals surface area contributed by atoms with Crippen molar-refractivity contribution in [2.75, 3.05) is 33.4 Å². The van der Waals surface area contributed by atoms with Crippen LogP contribution in [0.2, 0.25) is 0 Å². The smallest absolute Gasteiger partial charge is 0.240 e. The van der Waals surface area contributed by atoms with Crippen LogP contribution in [-0.4, -0.2) is 49.3 Å². The molecule has 1 aromatic rings. The molecule has 0 amide bonds. The van der Waals surface area contributed by atoms with Gasteiger partial charge >= 0.3 is 0 Å². The predicted molar refractivity (Wildman–Crippen MR) is 81.8 cm³/mol. The van der Waals surface area contributed by atoms with Gasteiger partial charge in [-0.05, 0) is 30.5 Å². The Balaban J connectivity index is 1.87. The van der Waals surface area contributed by atoms with Gasteiger partial charge in [0.05, 0.1) is 20.3 Å². The van der Waals surface area contributed by atoms with E-state index >= 15 is 0 Å². The van der Waals surface area contributed by atoms with Crippen LogP contribution < -0.4 is 4.74 Å². The predicted octanol–water partition coefficient (Wildman–Crippen LogP) is 2.05. The van der Waals surface area contributed by atoms with E-state index < -0.39 is 6.04 Å². The lowest BCUT2D eigenvalue weighted by Gasteiger charge is -2.34. The van der Waals surface area contributed by atoms with Gasteiger partial charge in [-0.2, -0.15) is 0 Å². The molecule has 2 unspecified atom stereocenters. The minimum Gasteiger partial charge on any atom is -0.497 e. The number of ether oxygens (including phenoxy) is 2. The van der Waals surface area contributed by atoms with E-state index in [9.17, 15) is 10.1 Å². The number of hydrogen-bond acceptors (Lipinski definition) is 5. The number of nitrogens with zero attached hydrogens (tertiary/aromatic N) is 2. The molecule has 2 aliphatic rings. The van der Waals surface area contributed by atoms with Crippen LogP contribution in [0.5, 0.6) is 5.75 Å². The maximum absolute atomic E-state index is 11.6. The summed E-state index contributed by atoms with van der Waals surface area (Å²) in [5.41, 5.74) is 1.90. The van der Waals surface area contributed by atoms with Gasteiger partial charge in [0.2, 0.25) is 6.04 Å². The van der Waals surface area contributed by atoms with Crippen molar-refractivity contribution in [3.63, 3.8) is 0 Å². The SMILES string of the molecule is COc1ccc2c(c1)C([N+](=O)[O-])CC(N1CCOCC1)CC2. The zero-order chi connectivity index (χ0) is 15.5. The Morgan fingerprint density at radius 2 is 2.14 bits per heavy atom. The van der Waals surface area contributed by atoms with Crippen molar-refractivity contribution < 1.29 is 14.4 Å². The molecule has 0 aromatic heterocycles. The summed E-state index contributed by atoms with van der Waals surface area (Å²) in [4.78, 5) is 13.8. The third-order valence-corrected chi connectivity index (χ3v) is 4.77. The minimum absolute atomic E-state index is 0.142. The fourth-order valence-electron chi connectivity index (χ4n) is 3.54. The number of fused-ring (bicyclic) bond motifs is 1. The molecule has 3 rings (SSSR count). The fraction of sp³-hybridized carbons (Fsp3) is 0.625. The largest absolute Gasteiger partial charge is 0.497 e. The van der Waals surface area contributed by atoms with Crippen LogP contribution in [0.1, 0.15) is 30.0 Å². The number of methoxy groups -OCH3 is 1. The van der Waals surface area contributed by atoms with Gasteiger partial charge < -0.3 is 9.47 Å². The number of aryl methyl sites for hydroxylation is 1. The summed E-state index contributed by atoms with van der Waals surface area (Å²) in [5, 5.41) is 11.6. The molecule has 1 fully saturated rings. The lowest BCUT2D eigenvalue weighted by molar-refractivity contribution is -0.531. The number of nitro groups is 1. The molecule has 1 aliphatic carbocycles. The number of morpholine rings is 1. The molecule has 0 bridgehead atoms. The van der Waals surface area contributed by atoms with Gasteiger partial charge in [-0.15, -0.1) is 0 Å². The molecule has 6 nitrogen and oxygen atoms in total. The van der Waals surface area contributed by atoms with Crippen molar-refractivity contribution in [2.24, 2.45) is 0 Å². The van der Waals surface area contributed by atoms with E-state index in [1.165, 1.54) is 0 Å². The highest BCUT2D eigenvalue weighted by Gasteiger charge is 2.35. The van der Waals surface area contributed by atoms with Gasteiger partial charge in [-0.25, -0.2) is 0 Å². The molecule has 22 heavy (non-hydrogen) atoms. The summed E-state index contributed by atoms with van der Waals surface area (Å²) in [6, 6.07) is 5.31. The van der Waals surface area contributed by atoms with Crippen LogP contribution in [0.15, 0.2) is 18.2 Å². The van der Waals surface area contributed by atoms with Gasteiger partial charge in [0, 0.05) is 36.0 Å². The van der Waals surface area contributed by atoms with Gasteiger partial charge in [-0.1, -0.05) is 6.07 Å². The Labute approximate surface area is 130 Å². The first kappa shape index (κ1) is 15.2. The van der Waals surface area contributed by atoms with Gasteiger partial charge in [0.15, 0.2) is 0 Å². The van der Waals surface area contributed by atoms with Crippen molar-refractivity contribution in [1.29, 1.82) is 0 Å². The van der Waals surface area contributed by atoms with Crippen LogP contribution in [0.3, 0.4) is 0 Å². The standard InChI is InChI=1S/C16H22N2O4/c1-21-14-5-3-12-2-4-13(17-6-8-22-9-7-17)10-16(18(19)20)15(12)11-14/h3,5,11,13,16H,2,4,6-10H2,1H3. The fourth-order valence-corrected chi connectivity index (χ4v) is 3.54. The zero-order valence-electron chi connectivity index (χ0n) is 12.9. The Morgan fingerprint density at radius 1 is 1.36 bits per heavy atom. The number of hydrogen-bond donors (Lipinski definition) is 0. The highest BCUT2D eigenvalue weighted by Crippen LogP contribution is 2.35. The van der Waals surface area contributed by atoms with Gasteiger partial charge in [0.25, 0.3) is 0 Å². The molecule has 2 atom stereocenters. The van der Waals surface area contributed by atoms with Crippen LogP contribution in [0.4, 0.5) is 0 Å². The molecule has 1 aliphatic heterocycles. The molecular weight excluding hydrogens is 284 g/mol. The summed E-state index contributed by atoms with van der Waals surface area (Å²) in [7, 11) is 1.59. The van der Waals surface area contributed by atoms with E-state index in [4.69, 9.17) is 9.47 Å². The second kappa shape index (κ2) is 6.62. The normalized spacial score (nSPS) is 26.0. The van der Waals surface area contributed by atoms with E-state index in [0.717, 1.165) is 50.3 Å². The first-order chi connectivity index (χ1) is 10.7. The van der Waals surface area contributed by atoms with Crippen molar-refractivity contribution >= 4 is 0 Å². The van der Waals surface area contributed by atoms with E-state index in [2.05, 4.69) is 4.90 Å². The van der Waals surface area contributed by atoms with E-state index in [0.29, 0.717) is 12.2 Å². The van der Waals surface area contributed by atoms with Crippen molar-refractivity contribution in [3.05, 3.63) is 39.4 Å². The highest BCUT2D eigenvalue weighted by molar-refractivity contribution is 5.38. The monoisotopic (exact) mass is 306 g/mol. The summed E-state index contributed by atoms with van der Waals surface area (Å²) >= 11 is 0. The molecule has 0 N–H and O–H groups in total. The molecule has 120 valence electrons. The topological polar surface area (TPSA) is 64.8 Å². The van der Waals surface area contributed by atoms with Gasteiger partial charge in [-0.3, -0.25) is 15.0 Å². The summed E-state index contributed by atoms with van der Waals surface area (Å²) in [6.45, 7) is 3.18. The lowest BCUT2D eigenvalue weighted by atomic mass is 9.98. The van der Waals surface area contributed by atoms with E-state index in [1.807, 2.05) is 18.2 Å². The minimum atomic E-state index is -0.652. The number of rotatable bonds is 3. The van der Waals surface area contributed by atoms with Crippen molar-refractivity contribution in [2.45, 2.75) is 31.3 Å². The number of benzene rings is 1. The Hall–Kier alpha value is -1.66. The second-order valence-electron chi connectivity index (χ2n) is 5.94. The highest BCUT2D eigenvalue weighted by atomic mass is 16.6. The second-order valence-corrected chi connectivity index (χ2v) is 5.94. The van der Waals surface area contributed by atoms with Gasteiger partial charge in [0.1, 0.15) is 5.75 Å². The maximum atomic E-state index is 11.6. The first-order valence-corrected chi connectivity index (χ1v) is 7.81. The van der Waals surface area contributed by atoms with E-state index in [-0.39, 0.29) is 11.0 Å². The Kier molecular flexibility index (Phi) is 4.59. The van der Waals surface area contributed by atoms with Crippen LogP contribution in [0, 0.1) is 10.1 Å². The Bertz CT molecular complexity index is 543. The third-order valence-electron chi connectivity index (χ3n) is 4.77. The van der Waals surface area contributed by atoms with Crippen LogP contribution >= 0.6 is 0 Å². The molecule has 0 spiro atoms. The average Bonchev–Trinajstić information content (AvgIpc) is 2.75. The molecule has 1 aromatic carbocycles. The quantitative estimate of drug-likeness (QED) is 0.486. The van der Waals surface area contributed by atoms with Crippen molar-refractivity contribution in [3.8, 4) is 5.75 Å². The third kappa shape index (κ3) is 3.08. The molecule has 1 heterocycles. The molecule has 0 saturated carbocycles. The maximum Gasteiger partial charge on any atom is 0.240 e. The molecule has 1 saturated heterocycles.